The number of hydrogen-bond acceptors (Lipinski definition) is 18. The maximum absolute atomic E-state index is 13.5. The normalized spacial score (nSPS) is 25.7. The fraction of sp³-hybridized carbons (Fsp3) is 0.710. The minimum atomic E-state index is -1.99. The van der Waals surface area contributed by atoms with Gasteiger partial charge in [-0.05, 0) is 116 Å². The molecule has 19 heteroatoms. The van der Waals surface area contributed by atoms with Crippen molar-refractivity contribution >= 4 is 5.91 Å². The number of carbonyl (C=O) groups excluding carboxylic acids is 1. The molecule has 19 nitrogen and oxygen atoms in total. The Morgan fingerprint density at radius 3 is 1.00 bits per heavy atom. The smallest absolute Gasteiger partial charge is 0.220 e. The van der Waals surface area contributed by atoms with Crippen LogP contribution in [0.4, 0.5) is 0 Å². The first kappa shape index (κ1) is 102. The first-order valence-electron chi connectivity index (χ1n) is 43.7. The van der Waals surface area contributed by atoms with E-state index in [1.54, 1.807) is 6.08 Å². The van der Waals surface area contributed by atoms with Crippen molar-refractivity contribution in [3.05, 3.63) is 158 Å². The van der Waals surface area contributed by atoms with Gasteiger partial charge in [0.1, 0.15) is 73.2 Å². The molecule has 0 aliphatic carbocycles. The number of allylic oxidation sites excluding steroid dienone is 25. The number of carbonyl (C=O) groups is 1. The van der Waals surface area contributed by atoms with Crippen molar-refractivity contribution in [2.24, 2.45) is 0 Å². The molecule has 0 aromatic rings. The molecule has 3 aliphatic heterocycles. The van der Waals surface area contributed by atoms with Gasteiger partial charge in [0, 0.05) is 6.42 Å². The molecule has 640 valence electrons. The molecule has 0 saturated carbocycles. The molecule has 3 fully saturated rings. The Balaban J connectivity index is 1.36. The van der Waals surface area contributed by atoms with E-state index in [0.29, 0.717) is 12.8 Å². The van der Waals surface area contributed by atoms with Gasteiger partial charge in [0.15, 0.2) is 18.9 Å². The van der Waals surface area contributed by atoms with Crippen LogP contribution in [0.1, 0.15) is 290 Å². The topological polar surface area (TPSA) is 307 Å². The summed E-state index contributed by atoms with van der Waals surface area (Å²) in [7, 11) is 0. The minimum absolute atomic E-state index is 0.213. The van der Waals surface area contributed by atoms with Crippen LogP contribution in [-0.2, 0) is 33.2 Å². The standard InChI is InChI=1S/C93H155NO18/c1-3-5-7-9-11-13-15-17-19-21-23-25-27-29-31-32-33-34-35-36-37-38-39-40-41-42-43-44-45-47-49-51-53-55-57-59-61-63-65-67-69-71-81(99)94-76(77(98)70-68-66-64-62-60-58-56-54-52-50-48-46-30-28-26-24-22-20-18-16-14-12-10-8-6-4-2)75-107-91-87(105)84(102)89(79(73-96)109-91)112-93-88(106)85(103)90(80(74-97)110-93)111-92-86(104)83(101)82(100)78(72-95)108-92/h5,7,11,13,17,19,23,25,29,31,33-34,36-37,39-40,42-43,45,47,51,53,60,62,68,70,76-80,82-93,95-98,100-106H,3-4,6,8-10,12,14-16,18,20-22,24,26-28,30,32,35,38,41,44,46,48-50,52,54-59,61,63-67,69,71-75H2,1-2H3,(H,94,99)/b7-5-,13-11-,19-17-,25-23-,31-29-,34-33-,37-36-,40-39-,43-42-,47-45-,53-51-,62-60+,70-68+. The van der Waals surface area contributed by atoms with E-state index in [1.807, 2.05) is 6.08 Å². The molecule has 1 amide bonds. The molecule has 12 N–H and O–H groups in total. The molecule has 0 spiro atoms. The van der Waals surface area contributed by atoms with Gasteiger partial charge in [-0.3, -0.25) is 4.79 Å². The van der Waals surface area contributed by atoms with E-state index in [0.717, 1.165) is 135 Å². The summed E-state index contributed by atoms with van der Waals surface area (Å²) in [5, 5.41) is 121. The molecule has 3 saturated heterocycles. The number of rotatable bonds is 68. The third-order valence-corrected chi connectivity index (χ3v) is 20.6. The highest BCUT2D eigenvalue weighted by Crippen LogP contribution is 2.33. The van der Waals surface area contributed by atoms with Crippen molar-refractivity contribution in [2.75, 3.05) is 26.4 Å². The Morgan fingerprint density at radius 2 is 0.625 bits per heavy atom. The minimum Gasteiger partial charge on any atom is -0.394 e. The van der Waals surface area contributed by atoms with E-state index in [9.17, 15) is 61.0 Å². The highest BCUT2D eigenvalue weighted by molar-refractivity contribution is 5.76. The maximum atomic E-state index is 13.5. The van der Waals surface area contributed by atoms with E-state index in [2.05, 4.69) is 165 Å². The molecule has 0 bridgehead atoms. The monoisotopic (exact) mass is 1570 g/mol. The zero-order valence-corrected chi connectivity index (χ0v) is 68.8. The molecular formula is C93H155NO18. The summed E-state index contributed by atoms with van der Waals surface area (Å²) in [6, 6.07) is -1.01. The second kappa shape index (κ2) is 70.6. The van der Waals surface area contributed by atoms with Gasteiger partial charge in [0.25, 0.3) is 0 Å². The number of unbranched alkanes of at least 4 members (excludes halogenated alkanes) is 28. The molecule has 0 aromatic heterocycles. The number of aliphatic hydroxyl groups excluding tert-OH is 11. The van der Waals surface area contributed by atoms with Gasteiger partial charge in [0.05, 0.1) is 38.6 Å². The van der Waals surface area contributed by atoms with Crippen LogP contribution in [0.15, 0.2) is 158 Å². The van der Waals surface area contributed by atoms with Crippen LogP contribution in [0.3, 0.4) is 0 Å². The average Bonchev–Trinajstić information content (AvgIpc) is 0.781. The second-order valence-corrected chi connectivity index (χ2v) is 30.3. The summed E-state index contributed by atoms with van der Waals surface area (Å²) in [6.45, 7) is 1.61. The van der Waals surface area contributed by atoms with E-state index >= 15 is 0 Å². The number of nitrogens with one attached hydrogen (secondary N) is 1. The van der Waals surface area contributed by atoms with Crippen LogP contribution in [-0.4, -0.2) is 193 Å². The summed E-state index contributed by atoms with van der Waals surface area (Å²) in [6.07, 6.45) is 78.0. The molecular weight excluding hydrogens is 1420 g/mol. The molecule has 3 aliphatic rings. The lowest BCUT2D eigenvalue weighted by Gasteiger charge is -2.48. The molecule has 0 radical (unpaired) electrons. The molecule has 0 aromatic carbocycles. The fourth-order valence-electron chi connectivity index (χ4n) is 13.6. The Morgan fingerprint density at radius 1 is 0.330 bits per heavy atom. The zero-order valence-electron chi connectivity index (χ0n) is 68.8. The van der Waals surface area contributed by atoms with E-state index in [4.69, 9.17) is 28.4 Å². The summed E-state index contributed by atoms with van der Waals surface area (Å²) < 4.78 is 34.5. The van der Waals surface area contributed by atoms with Crippen LogP contribution in [0.2, 0.25) is 0 Å². The van der Waals surface area contributed by atoms with Gasteiger partial charge in [0.2, 0.25) is 5.91 Å². The summed E-state index contributed by atoms with van der Waals surface area (Å²) in [4.78, 5) is 13.5. The maximum Gasteiger partial charge on any atom is 0.220 e. The number of amides is 1. The zero-order chi connectivity index (χ0) is 81.0. The van der Waals surface area contributed by atoms with Crippen LogP contribution in [0, 0.1) is 0 Å². The van der Waals surface area contributed by atoms with Crippen molar-refractivity contribution < 1.29 is 89.4 Å². The van der Waals surface area contributed by atoms with Crippen LogP contribution in [0.25, 0.3) is 0 Å². The van der Waals surface area contributed by atoms with Gasteiger partial charge < -0.3 is 89.9 Å². The van der Waals surface area contributed by atoms with Gasteiger partial charge in [-0.2, -0.15) is 0 Å². The van der Waals surface area contributed by atoms with Crippen LogP contribution in [0.5, 0.6) is 0 Å². The average molecular weight is 1580 g/mol. The van der Waals surface area contributed by atoms with Crippen molar-refractivity contribution in [1.82, 2.24) is 5.32 Å². The molecule has 112 heavy (non-hydrogen) atoms. The lowest BCUT2D eigenvalue weighted by Crippen LogP contribution is -2.66. The highest BCUT2D eigenvalue weighted by atomic mass is 16.8. The van der Waals surface area contributed by atoms with Crippen molar-refractivity contribution in [3.63, 3.8) is 0 Å². The largest absolute Gasteiger partial charge is 0.394 e. The lowest BCUT2D eigenvalue weighted by molar-refractivity contribution is -0.379. The summed E-state index contributed by atoms with van der Waals surface area (Å²) in [5.41, 5.74) is 0. The second-order valence-electron chi connectivity index (χ2n) is 30.3. The van der Waals surface area contributed by atoms with Crippen molar-refractivity contribution in [1.29, 1.82) is 0 Å². The summed E-state index contributed by atoms with van der Waals surface area (Å²) >= 11 is 0. The fourth-order valence-corrected chi connectivity index (χ4v) is 13.6. The van der Waals surface area contributed by atoms with E-state index in [-0.39, 0.29) is 18.9 Å². The first-order chi connectivity index (χ1) is 54.8. The number of aliphatic hydroxyl groups is 11. The molecule has 17 unspecified atom stereocenters. The Hall–Kier alpha value is -4.59. The van der Waals surface area contributed by atoms with E-state index in [1.165, 1.54) is 122 Å². The van der Waals surface area contributed by atoms with E-state index < -0.39 is 124 Å². The summed E-state index contributed by atoms with van der Waals surface area (Å²) in [5.74, 6) is -0.301. The Labute approximate surface area is 675 Å². The molecule has 17 atom stereocenters. The molecule has 3 rings (SSSR count). The van der Waals surface area contributed by atoms with Crippen LogP contribution >= 0.6 is 0 Å². The predicted octanol–water partition coefficient (Wildman–Crippen LogP) is 16.3. The highest BCUT2D eigenvalue weighted by Gasteiger charge is 2.54. The van der Waals surface area contributed by atoms with Gasteiger partial charge >= 0.3 is 0 Å². The Bertz CT molecular complexity index is 2640. The van der Waals surface area contributed by atoms with Gasteiger partial charge in [-0.25, -0.2) is 0 Å². The Kier molecular flexibility index (Phi) is 64.0. The lowest BCUT2D eigenvalue weighted by atomic mass is 9.96. The third-order valence-electron chi connectivity index (χ3n) is 20.6. The van der Waals surface area contributed by atoms with Crippen molar-refractivity contribution in [3.8, 4) is 0 Å². The van der Waals surface area contributed by atoms with Crippen molar-refractivity contribution in [2.45, 2.75) is 394 Å². The van der Waals surface area contributed by atoms with Crippen LogP contribution < -0.4 is 5.32 Å². The quantitative estimate of drug-likeness (QED) is 0.0199. The predicted molar refractivity (Wildman–Crippen MR) is 452 cm³/mol. The van der Waals surface area contributed by atoms with Gasteiger partial charge in [-0.15, -0.1) is 0 Å². The molecule has 3 heterocycles. The number of hydrogen-bond donors (Lipinski definition) is 12. The number of ether oxygens (including phenoxy) is 6. The third kappa shape index (κ3) is 48.8. The SMILES string of the molecule is CC/C=C\C/C=C\C/C=C\C/C=C\C/C=C\C/C=C\C/C=C\C/C=C\C/C=C\C/C=C\C/C=C\CCCCCCCCCC(=O)NC(COC1OC(CO)C(OC2OC(CO)C(OC3OC(CO)C(O)C(O)C3O)C(O)C2O)C(O)C1O)C(O)/C=C/CC/C=C/CCCCCCCCCCCCCCCCCCCCCC. The first-order valence-corrected chi connectivity index (χ1v) is 43.7. The van der Waals surface area contributed by atoms with Gasteiger partial charge in [-0.1, -0.05) is 326 Å².